The van der Waals surface area contributed by atoms with Crippen LogP contribution in [0.2, 0.25) is 0 Å². The topological polar surface area (TPSA) is 12.0 Å². The van der Waals surface area contributed by atoms with E-state index in [4.69, 9.17) is 11.6 Å². The van der Waals surface area contributed by atoms with Crippen molar-refractivity contribution in [3.8, 4) is 0 Å². The molecule has 0 heterocycles. The number of rotatable bonds is 4. The molecule has 94 valence electrons. The van der Waals surface area contributed by atoms with Gasteiger partial charge in [0.1, 0.15) is 5.82 Å². The van der Waals surface area contributed by atoms with Crippen LogP contribution in [0.25, 0.3) is 0 Å². The molecule has 1 fully saturated rings. The molecule has 1 N–H and O–H groups in total. The first kappa shape index (κ1) is 13.3. The Morgan fingerprint density at radius 1 is 1.35 bits per heavy atom. The standard InChI is InChI=1S/C13H16BrClFN/c14-12-7-11(16)4-3-10(12)8-17-13(9-15)5-1-2-6-13/h3-4,7,17H,1-2,5-6,8-9H2. The maximum atomic E-state index is 13.0. The van der Waals surface area contributed by atoms with Crippen LogP contribution in [0.3, 0.4) is 0 Å². The molecule has 1 aliphatic carbocycles. The zero-order chi connectivity index (χ0) is 12.3. The summed E-state index contributed by atoms with van der Waals surface area (Å²) < 4.78 is 13.8. The largest absolute Gasteiger partial charge is 0.306 e. The summed E-state index contributed by atoms with van der Waals surface area (Å²) in [7, 11) is 0. The van der Waals surface area contributed by atoms with Crippen LogP contribution >= 0.6 is 27.5 Å². The second kappa shape index (κ2) is 5.68. The van der Waals surface area contributed by atoms with E-state index in [1.807, 2.05) is 6.07 Å². The average Bonchev–Trinajstić information content (AvgIpc) is 2.77. The lowest BCUT2D eigenvalue weighted by molar-refractivity contribution is 0.367. The van der Waals surface area contributed by atoms with Gasteiger partial charge in [0, 0.05) is 22.4 Å². The zero-order valence-electron chi connectivity index (χ0n) is 9.61. The van der Waals surface area contributed by atoms with Gasteiger partial charge < -0.3 is 5.32 Å². The Morgan fingerprint density at radius 3 is 2.65 bits per heavy atom. The highest BCUT2D eigenvalue weighted by Gasteiger charge is 2.32. The summed E-state index contributed by atoms with van der Waals surface area (Å²) in [4.78, 5) is 0. The fourth-order valence-electron chi connectivity index (χ4n) is 2.36. The van der Waals surface area contributed by atoms with Crippen molar-refractivity contribution in [2.75, 3.05) is 5.88 Å². The van der Waals surface area contributed by atoms with E-state index < -0.39 is 0 Å². The van der Waals surface area contributed by atoms with Gasteiger partial charge in [0.05, 0.1) is 0 Å². The summed E-state index contributed by atoms with van der Waals surface area (Å²) in [6.45, 7) is 0.730. The van der Waals surface area contributed by atoms with Crippen molar-refractivity contribution in [2.45, 2.75) is 37.8 Å². The van der Waals surface area contributed by atoms with E-state index >= 15 is 0 Å². The normalized spacial score (nSPS) is 18.5. The molecule has 0 saturated heterocycles. The van der Waals surface area contributed by atoms with E-state index in [-0.39, 0.29) is 11.4 Å². The van der Waals surface area contributed by atoms with Gasteiger partial charge in [0.15, 0.2) is 0 Å². The quantitative estimate of drug-likeness (QED) is 0.819. The smallest absolute Gasteiger partial charge is 0.124 e. The van der Waals surface area contributed by atoms with E-state index in [0.717, 1.165) is 29.4 Å². The second-order valence-electron chi connectivity index (χ2n) is 4.71. The lowest BCUT2D eigenvalue weighted by Crippen LogP contribution is -2.43. The van der Waals surface area contributed by atoms with E-state index in [9.17, 15) is 4.39 Å². The lowest BCUT2D eigenvalue weighted by Gasteiger charge is -2.28. The Morgan fingerprint density at radius 2 is 2.06 bits per heavy atom. The molecule has 4 heteroatoms. The summed E-state index contributed by atoms with van der Waals surface area (Å²) in [5.74, 6) is 0.430. The van der Waals surface area contributed by atoms with Crippen molar-refractivity contribution in [3.05, 3.63) is 34.1 Å². The molecule has 0 aliphatic heterocycles. The van der Waals surface area contributed by atoms with Gasteiger partial charge >= 0.3 is 0 Å². The van der Waals surface area contributed by atoms with Gasteiger partial charge in [-0.05, 0) is 30.5 Å². The van der Waals surface area contributed by atoms with Crippen LogP contribution in [0.15, 0.2) is 22.7 Å². The van der Waals surface area contributed by atoms with Crippen molar-refractivity contribution in [2.24, 2.45) is 0 Å². The summed E-state index contributed by atoms with van der Waals surface area (Å²) >= 11 is 9.44. The van der Waals surface area contributed by atoms with Crippen LogP contribution in [0.1, 0.15) is 31.2 Å². The van der Waals surface area contributed by atoms with Crippen molar-refractivity contribution in [3.63, 3.8) is 0 Å². The highest BCUT2D eigenvalue weighted by molar-refractivity contribution is 9.10. The molecule has 1 saturated carbocycles. The van der Waals surface area contributed by atoms with Crippen molar-refractivity contribution in [1.82, 2.24) is 5.32 Å². The highest BCUT2D eigenvalue weighted by atomic mass is 79.9. The maximum absolute atomic E-state index is 13.0. The zero-order valence-corrected chi connectivity index (χ0v) is 12.0. The molecule has 0 unspecified atom stereocenters. The van der Waals surface area contributed by atoms with E-state index in [1.165, 1.54) is 25.0 Å². The molecule has 1 aromatic rings. The van der Waals surface area contributed by atoms with Crippen molar-refractivity contribution >= 4 is 27.5 Å². The number of hydrogen-bond donors (Lipinski definition) is 1. The first-order valence-electron chi connectivity index (χ1n) is 5.90. The van der Waals surface area contributed by atoms with Crippen LogP contribution < -0.4 is 5.32 Å². The Balaban J connectivity index is 2.01. The summed E-state index contributed by atoms with van der Waals surface area (Å²) in [6, 6.07) is 4.80. The Labute approximate surface area is 115 Å². The van der Waals surface area contributed by atoms with Crippen molar-refractivity contribution < 1.29 is 4.39 Å². The molecular weight excluding hydrogens is 305 g/mol. The molecule has 1 aromatic carbocycles. The van der Waals surface area contributed by atoms with Crippen LogP contribution in [0, 0.1) is 5.82 Å². The number of halogens is 3. The molecule has 0 aromatic heterocycles. The third kappa shape index (κ3) is 3.21. The van der Waals surface area contributed by atoms with Gasteiger partial charge in [-0.25, -0.2) is 4.39 Å². The second-order valence-corrected chi connectivity index (χ2v) is 5.83. The molecule has 1 aliphatic rings. The monoisotopic (exact) mass is 319 g/mol. The Kier molecular flexibility index (Phi) is 4.45. The SMILES string of the molecule is Fc1ccc(CNC2(CCl)CCCC2)c(Br)c1. The number of benzene rings is 1. The predicted octanol–water partition coefficient (Wildman–Crippen LogP) is 4.23. The molecule has 0 spiro atoms. The third-order valence-corrected chi connectivity index (χ3v) is 4.74. The summed E-state index contributed by atoms with van der Waals surface area (Å²) in [5.41, 5.74) is 1.15. The molecule has 17 heavy (non-hydrogen) atoms. The fourth-order valence-corrected chi connectivity index (χ4v) is 3.21. The molecular formula is C13H16BrClFN. The Hall–Kier alpha value is -0.120. The molecule has 2 rings (SSSR count). The minimum atomic E-state index is -0.214. The molecule has 0 bridgehead atoms. The first-order valence-corrected chi connectivity index (χ1v) is 7.23. The minimum absolute atomic E-state index is 0.0788. The molecule has 1 nitrogen and oxygen atoms in total. The minimum Gasteiger partial charge on any atom is -0.306 e. The van der Waals surface area contributed by atoms with Gasteiger partial charge in [0.2, 0.25) is 0 Å². The number of hydrogen-bond acceptors (Lipinski definition) is 1. The van der Waals surface area contributed by atoms with Crippen molar-refractivity contribution in [1.29, 1.82) is 0 Å². The van der Waals surface area contributed by atoms with E-state index in [2.05, 4.69) is 21.2 Å². The molecule has 0 atom stereocenters. The third-order valence-electron chi connectivity index (χ3n) is 3.49. The van der Waals surface area contributed by atoms with Gasteiger partial charge in [-0.3, -0.25) is 0 Å². The van der Waals surface area contributed by atoms with Gasteiger partial charge in [0.25, 0.3) is 0 Å². The van der Waals surface area contributed by atoms with E-state index in [1.54, 1.807) is 0 Å². The van der Waals surface area contributed by atoms with Gasteiger partial charge in [-0.2, -0.15) is 0 Å². The number of nitrogens with one attached hydrogen (secondary N) is 1. The Bertz CT molecular complexity index is 391. The fraction of sp³-hybridized carbons (Fsp3) is 0.538. The lowest BCUT2D eigenvalue weighted by atomic mass is 10.00. The molecule has 0 radical (unpaired) electrons. The summed E-state index contributed by atoms with van der Waals surface area (Å²) in [6.07, 6.45) is 4.75. The average molecular weight is 321 g/mol. The van der Waals surface area contributed by atoms with Crippen LogP contribution in [0.5, 0.6) is 0 Å². The van der Waals surface area contributed by atoms with E-state index in [0.29, 0.717) is 5.88 Å². The molecule has 0 amide bonds. The van der Waals surface area contributed by atoms with Crippen LogP contribution in [0.4, 0.5) is 4.39 Å². The van der Waals surface area contributed by atoms with Crippen LogP contribution in [-0.4, -0.2) is 11.4 Å². The van der Waals surface area contributed by atoms with Gasteiger partial charge in [-0.15, -0.1) is 11.6 Å². The summed E-state index contributed by atoms with van der Waals surface area (Å²) in [5, 5.41) is 3.54. The number of alkyl halides is 1. The van der Waals surface area contributed by atoms with Gasteiger partial charge in [-0.1, -0.05) is 34.8 Å². The predicted molar refractivity (Wildman–Crippen MR) is 72.9 cm³/mol. The van der Waals surface area contributed by atoms with Crippen LogP contribution in [-0.2, 0) is 6.54 Å². The highest BCUT2D eigenvalue weighted by Crippen LogP contribution is 2.31. The maximum Gasteiger partial charge on any atom is 0.124 e. The first-order chi connectivity index (χ1) is 8.15.